The molecule has 0 spiro atoms. The molecule has 2 N–H and O–H groups in total. The molecule has 2 aliphatic rings. The molecule has 1 aliphatic carbocycles. The molecule has 1 aromatic carbocycles. The largest absolute Gasteiger partial charge is 0.379 e. The van der Waals surface area contributed by atoms with Crippen molar-refractivity contribution in [2.24, 2.45) is 0 Å². The average molecular weight is 260 g/mol. The van der Waals surface area contributed by atoms with Gasteiger partial charge in [-0.2, -0.15) is 0 Å². The molecule has 3 rings (SSSR count). The van der Waals surface area contributed by atoms with Gasteiger partial charge in [0.2, 0.25) is 0 Å². The Morgan fingerprint density at radius 1 is 1.37 bits per heavy atom. The van der Waals surface area contributed by atoms with Gasteiger partial charge < -0.3 is 15.4 Å². The van der Waals surface area contributed by atoms with Gasteiger partial charge in [-0.15, -0.1) is 0 Å². The average Bonchev–Trinajstić information content (AvgIpc) is 2.93. The zero-order valence-electron chi connectivity index (χ0n) is 11.7. The van der Waals surface area contributed by atoms with E-state index in [2.05, 4.69) is 35.9 Å². The van der Waals surface area contributed by atoms with E-state index < -0.39 is 0 Å². The minimum atomic E-state index is 0.421. The van der Waals surface area contributed by atoms with Gasteiger partial charge in [0.05, 0.1) is 13.2 Å². The summed E-state index contributed by atoms with van der Waals surface area (Å²) in [4.78, 5) is 0. The summed E-state index contributed by atoms with van der Waals surface area (Å²) in [6, 6.07) is 7.93. The van der Waals surface area contributed by atoms with Gasteiger partial charge >= 0.3 is 0 Å². The SMILES string of the molecule is CNC(CC1COCCN1)c1ccc2c(c1)CCC2. The number of hydrogen-bond donors (Lipinski definition) is 2. The third-order valence-electron chi connectivity index (χ3n) is 4.39. The lowest BCUT2D eigenvalue weighted by atomic mass is 9.96. The van der Waals surface area contributed by atoms with Crippen molar-refractivity contribution >= 4 is 0 Å². The summed E-state index contributed by atoms with van der Waals surface area (Å²) >= 11 is 0. The Morgan fingerprint density at radius 3 is 3.05 bits per heavy atom. The van der Waals surface area contributed by atoms with Crippen LogP contribution in [-0.2, 0) is 17.6 Å². The molecule has 1 fully saturated rings. The number of hydrogen-bond acceptors (Lipinski definition) is 3. The van der Waals surface area contributed by atoms with Crippen molar-refractivity contribution in [2.75, 3.05) is 26.8 Å². The summed E-state index contributed by atoms with van der Waals surface area (Å²) in [6.45, 7) is 2.66. The van der Waals surface area contributed by atoms with Gasteiger partial charge in [-0.25, -0.2) is 0 Å². The number of benzene rings is 1. The molecule has 1 heterocycles. The molecule has 1 aromatic rings. The lowest BCUT2D eigenvalue weighted by Gasteiger charge is -2.28. The maximum Gasteiger partial charge on any atom is 0.0620 e. The minimum absolute atomic E-state index is 0.421. The fraction of sp³-hybridized carbons (Fsp3) is 0.625. The number of rotatable bonds is 4. The van der Waals surface area contributed by atoms with Crippen molar-refractivity contribution < 1.29 is 4.74 Å². The molecule has 3 nitrogen and oxygen atoms in total. The lowest BCUT2D eigenvalue weighted by Crippen LogP contribution is -2.43. The van der Waals surface area contributed by atoms with E-state index in [4.69, 9.17) is 4.74 Å². The van der Waals surface area contributed by atoms with Gasteiger partial charge in [0, 0.05) is 18.6 Å². The monoisotopic (exact) mass is 260 g/mol. The van der Waals surface area contributed by atoms with Crippen molar-refractivity contribution in [2.45, 2.75) is 37.8 Å². The van der Waals surface area contributed by atoms with E-state index in [1.807, 2.05) is 0 Å². The van der Waals surface area contributed by atoms with E-state index in [1.54, 1.807) is 11.1 Å². The first kappa shape index (κ1) is 13.1. The second kappa shape index (κ2) is 6.04. The molecule has 2 atom stereocenters. The predicted molar refractivity (Wildman–Crippen MR) is 77.5 cm³/mol. The Kier molecular flexibility index (Phi) is 4.16. The Morgan fingerprint density at radius 2 is 2.26 bits per heavy atom. The molecule has 0 bridgehead atoms. The van der Waals surface area contributed by atoms with Crippen molar-refractivity contribution in [3.8, 4) is 0 Å². The number of fused-ring (bicyclic) bond motifs is 1. The Bertz CT molecular complexity index is 427. The van der Waals surface area contributed by atoms with Crippen LogP contribution in [0.2, 0.25) is 0 Å². The highest BCUT2D eigenvalue weighted by Crippen LogP contribution is 2.27. The quantitative estimate of drug-likeness (QED) is 0.866. The predicted octanol–water partition coefficient (Wildman–Crippen LogP) is 1.81. The van der Waals surface area contributed by atoms with Crippen LogP contribution in [0.1, 0.15) is 35.6 Å². The molecular formula is C16H24N2O. The second-order valence-electron chi connectivity index (χ2n) is 5.68. The van der Waals surface area contributed by atoms with Gasteiger partial charge in [-0.05, 0) is 49.4 Å². The number of nitrogens with one attached hydrogen (secondary N) is 2. The fourth-order valence-corrected chi connectivity index (χ4v) is 3.28. The third kappa shape index (κ3) is 2.99. The van der Waals surface area contributed by atoms with E-state index in [9.17, 15) is 0 Å². The number of aryl methyl sites for hydroxylation is 2. The van der Waals surface area contributed by atoms with E-state index in [0.29, 0.717) is 12.1 Å². The Hall–Kier alpha value is -0.900. The van der Waals surface area contributed by atoms with Crippen LogP contribution in [0.15, 0.2) is 18.2 Å². The van der Waals surface area contributed by atoms with Crippen LogP contribution in [0, 0.1) is 0 Å². The fourth-order valence-electron chi connectivity index (χ4n) is 3.28. The summed E-state index contributed by atoms with van der Waals surface area (Å²) in [7, 11) is 2.06. The van der Waals surface area contributed by atoms with Crippen LogP contribution in [0.3, 0.4) is 0 Å². The maximum absolute atomic E-state index is 5.55. The number of morpholine rings is 1. The van der Waals surface area contributed by atoms with Gasteiger partial charge in [0.1, 0.15) is 0 Å². The summed E-state index contributed by atoms with van der Waals surface area (Å²) in [5.41, 5.74) is 4.54. The summed E-state index contributed by atoms with van der Waals surface area (Å²) in [5, 5.41) is 7.00. The molecule has 0 amide bonds. The summed E-state index contributed by atoms with van der Waals surface area (Å²) in [5.74, 6) is 0. The third-order valence-corrected chi connectivity index (χ3v) is 4.39. The van der Waals surface area contributed by atoms with Gasteiger partial charge in [-0.1, -0.05) is 18.2 Å². The first-order valence-corrected chi connectivity index (χ1v) is 7.47. The standard InChI is InChI=1S/C16H24N2O/c1-17-16(10-15-11-19-8-7-18-15)14-6-5-12-3-2-4-13(12)9-14/h5-6,9,15-18H,2-4,7-8,10-11H2,1H3. The van der Waals surface area contributed by atoms with E-state index in [0.717, 1.165) is 26.2 Å². The molecule has 0 radical (unpaired) electrons. The smallest absolute Gasteiger partial charge is 0.0620 e. The first-order chi connectivity index (χ1) is 9.36. The summed E-state index contributed by atoms with van der Waals surface area (Å²) in [6.07, 6.45) is 4.93. The lowest BCUT2D eigenvalue weighted by molar-refractivity contribution is 0.0708. The molecule has 104 valence electrons. The van der Waals surface area contributed by atoms with Gasteiger partial charge in [0.25, 0.3) is 0 Å². The molecule has 2 unspecified atom stereocenters. The normalized spacial score (nSPS) is 24.2. The van der Waals surface area contributed by atoms with Crippen LogP contribution in [-0.4, -0.2) is 32.8 Å². The van der Waals surface area contributed by atoms with Crippen molar-refractivity contribution in [1.29, 1.82) is 0 Å². The van der Waals surface area contributed by atoms with E-state index >= 15 is 0 Å². The number of ether oxygens (including phenoxy) is 1. The molecular weight excluding hydrogens is 236 g/mol. The molecule has 1 saturated heterocycles. The first-order valence-electron chi connectivity index (χ1n) is 7.47. The second-order valence-corrected chi connectivity index (χ2v) is 5.68. The molecule has 19 heavy (non-hydrogen) atoms. The zero-order valence-corrected chi connectivity index (χ0v) is 11.7. The van der Waals surface area contributed by atoms with Gasteiger partial charge in [-0.3, -0.25) is 0 Å². The van der Waals surface area contributed by atoms with Crippen LogP contribution in [0.5, 0.6) is 0 Å². The highest BCUT2D eigenvalue weighted by atomic mass is 16.5. The Balaban J connectivity index is 1.70. The topological polar surface area (TPSA) is 33.3 Å². The molecule has 0 saturated carbocycles. The van der Waals surface area contributed by atoms with Gasteiger partial charge in [0.15, 0.2) is 0 Å². The van der Waals surface area contributed by atoms with Crippen molar-refractivity contribution in [3.05, 3.63) is 34.9 Å². The van der Waals surface area contributed by atoms with Crippen LogP contribution >= 0.6 is 0 Å². The van der Waals surface area contributed by atoms with Crippen molar-refractivity contribution in [1.82, 2.24) is 10.6 Å². The minimum Gasteiger partial charge on any atom is -0.379 e. The van der Waals surface area contributed by atoms with Crippen LogP contribution in [0.4, 0.5) is 0 Å². The highest BCUT2D eigenvalue weighted by Gasteiger charge is 2.20. The summed E-state index contributed by atoms with van der Waals surface area (Å²) < 4.78 is 5.55. The molecule has 0 aromatic heterocycles. The van der Waals surface area contributed by atoms with Crippen LogP contribution in [0.25, 0.3) is 0 Å². The maximum atomic E-state index is 5.55. The van der Waals surface area contributed by atoms with Crippen LogP contribution < -0.4 is 10.6 Å². The Labute approximate surface area is 115 Å². The highest BCUT2D eigenvalue weighted by molar-refractivity contribution is 5.36. The van der Waals surface area contributed by atoms with E-state index in [-0.39, 0.29) is 0 Å². The zero-order chi connectivity index (χ0) is 13.1. The van der Waals surface area contributed by atoms with E-state index in [1.165, 1.54) is 24.8 Å². The molecule has 3 heteroatoms. The molecule has 1 aliphatic heterocycles. The van der Waals surface area contributed by atoms with Crippen molar-refractivity contribution in [3.63, 3.8) is 0 Å².